The molecule has 2 aromatic rings. The number of hydrogen-bond acceptors (Lipinski definition) is 1. The Morgan fingerprint density at radius 3 is 2.27 bits per heavy atom. The van der Waals surface area contributed by atoms with Crippen molar-refractivity contribution in [1.82, 2.24) is 4.90 Å². The van der Waals surface area contributed by atoms with Crippen LogP contribution in [0.15, 0.2) is 54.6 Å². The average molecular weight is 291 g/mol. The lowest BCUT2D eigenvalue weighted by Gasteiger charge is -2.45. The zero-order chi connectivity index (χ0) is 15.0. The molecule has 0 unspecified atom stereocenters. The molecule has 0 N–H and O–H groups in total. The first kappa shape index (κ1) is 13.6. The van der Waals surface area contributed by atoms with E-state index in [1.165, 1.54) is 16.7 Å². The molecule has 0 bridgehead atoms. The molecule has 1 saturated carbocycles. The van der Waals surface area contributed by atoms with Crippen LogP contribution in [0, 0.1) is 0 Å². The van der Waals surface area contributed by atoms with Gasteiger partial charge in [0.1, 0.15) is 0 Å². The molecule has 0 saturated heterocycles. The van der Waals surface area contributed by atoms with E-state index < -0.39 is 0 Å². The highest BCUT2D eigenvalue weighted by molar-refractivity contribution is 5.89. The maximum Gasteiger partial charge on any atom is 0.233 e. The molecule has 0 radical (unpaired) electrons. The molecule has 0 spiro atoms. The first-order valence-corrected chi connectivity index (χ1v) is 8.21. The van der Waals surface area contributed by atoms with Gasteiger partial charge in [-0.2, -0.15) is 0 Å². The van der Waals surface area contributed by atoms with Crippen molar-refractivity contribution in [2.45, 2.75) is 37.6 Å². The molecular formula is C20H21NO. The molecule has 1 aliphatic heterocycles. The van der Waals surface area contributed by atoms with Crippen LogP contribution in [-0.2, 0) is 23.2 Å². The fourth-order valence-electron chi connectivity index (χ4n) is 3.89. The molecule has 22 heavy (non-hydrogen) atoms. The van der Waals surface area contributed by atoms with Crippen molar-refractivity contribution in [2.24, 2.45) is 0 Å². The van der Waals surface area contributed by atoms with E-state index in [2.05, 4.69) is 41.3 Å². The zero-order valence-corrected chi connectivity index (χ0v) is 12.8. The van der Waals surface area contributed by atoms with E-state index in [0.29, 0.717) is 5.91 Å². The van der Waals surface area contributed by atoms with Crippen LogP contribution in [0.5, 0.6) is 0 Å². The van der Waals surface area contributed by atoms with Crippen LogP contribution in [0.1, 0.15) is 36.0 Å². The number of hydrogen-bond donors (Lipinski definition) is 0. The van der Waals surface area contributed by atoms with Gasteiger partial charge in [-0.25, -0.2) is 0 Å². The van der Waals surface area contributed by atoms with Crippen molar-refractivity contribution in [3.05, 3.63) is 71.3 Å². The second-order valence-corrected chi connectivity index (χ2v) is 6.55. The van der Waals surface area contributed by atoms with Crippen molar-refractivity contribution >= 4 is 5.91 Å². The van der Waals surface area contributed by atoms with E-state index in [0.717, 1.165) is 38.8 Å². The van der Waals surface area contributed by atoms with Gasteiger partial charge in [-0.1, -0.05) is 61.0 Å². The number of rotatable bonds is 2. The summed E-state index contributed by atoms with van der Waals surface area (Å²) in [7, 11) is 0. The summed E-state index contributed by atoms with van der Waals surface area (Å²) in [4.78, 5) is 15.3. The summed E-state index contributed by atoms with van der Waals surface area (Å²) >= 11 is 0. The molecule has 1 fully saturated rings. The van der Waals surface area contributed by atoms with Gasteiger partial charge in [0.25, 0.3) is 0 Å². The highest BCUT2D eigenvalue weighted by Gasteiger charge is 2.47. The summed E-state index contributed by atoms with van der Waals surface area (Å²) in [6, 6.07) is 18.9. The number of benzene rings is 2. The summed E-state index contributed by atoms with van der Waals surface area (Å²) in [6.07, 6.45) is 4.12. The molecule has 1 amide bonds. The van der Waals surface area contributed by atoms with Gasteiger partial charge < -0.3 is 4.90 Å². The molecule has 112 valence electrons. The predicted molar refractivity (Wildman–Crippen MR) is 87.5 cm³/mol. The Morgan fingerprint density at radius 1 is 0.909 bits per heavy atom. The van der Waals surface area contributed by atoms with E-state index in [4.69, 9.17) is 0 Å². The molecular weight excluding hydrogens is 270 g/mol. The average Bonchev–Trinajstić information content (AvgIpc) is 2.54. The normalized spacial score (nSPS) is 19.2. The van der Waals surface area contributed by atoms with Crippen LogP contribution in [0.3, 0.4) is 0 Å². The van der Waals surface area contributed by atoms with Crippen molar-refractivity contribution in [3.8, 4) is 0 Å². The first-order chi connectivity index (χ1) is 10.8. The highest BCUT2D eigenvalue weighted by atomic mass is 16.2. The number of fused-ring (bicyclic) bond motifs is 1. The van der Waals surface area contributed by atoms with Crippen molar-refractivity contribution < 1.29 is 4.79 Å². The fraction of sp³-hybridized carbons (Fsp3) is 0.350. The third kappa shape index (κ3) is 2.06. The quantitative estimate of drug-likeness (QED) is 0.826. The van der Waals surface area contributed by atoms with Crippen LogP contribution in [0.25, 0.3) is 0 Å². The summed E-state index contributed by atoms with van der Waals surface area (Å²) < 4.78 is 0. The van der Waals surface area contributed by atoms with Gasteiger partial charge >= 0.3 is 0 Å². The predicted octanol–water partition coefficient (Wildman–Crippen LogP) is 3.69. The Labute approximate surface area is 131 Å². The molecule has 2 aromatic carbocycles. The molecule has 0 aromatic heterocycles. The SMILES string of the molecule is O=C(N1CCc2ccccc2C1)C1(c2ccccc2)CCC1. The smallest absolute Gasteiger partial charge is 0.233 e. The fourth-order valence-corrected chi connectivity index (χ4v) is 3.89. The van der Waals surface area contributed by atoms with E-state index in [9.17, 15) is 4.79 Å². The van der Waals surface area contributed by atoms with Gasteiger partial charge in [-0.05, 0) is 36.0 Å². The standard InChI is InChI=1S/C20H21NO/c22-19(20(12-6-13-20)18-9-2-1-3-10-18)21-14-11-16-7-4-5-8-17(16)15-21/h1-5,7-10H,6,11-15H2. The molecule has 2 aliphatic rings. The Bertz CT molecular complexity index is 688. The summed E-state index contributed by atoms with van der Waals surface area (Å²) in [5.41, 5.74) is 3.65. The maximum atomic E-state index is 13.2. The van der Waals surface area contributed by atoms with Crippen LogP contribution in [0.4, 0.5) is 0 Å². The van der Waals surface area contributed by atoms with Crippen LogP contribution in [-0.4, -0.2) is 17.4 Å². The zero-order valence-electron chi connectivity index (χ0n) is 12.8. The van der Waals surface area contributed by atoms with Gasteiger partial charge in [0.05, 0.1) is 5.41 Å². The number of amides is 1. The van der Waals surface area contributed by atoms with Crippen LogP contribution in [0.2, 0.25) is 0 Å². The molecule has 1 aliphatic carbocycles. The van der Waals surface area contributed by atoms with Crippen molar-refractivity contribution in [2.75, 3.05) is 6.54 Å². The molecule has 4 rings (SSSR count). The summed E-state index contributed by atoms with van der Waals surface area (Å²) in [6.45, 7) is 1.62. The minimum absolute atomic E-state index is 0.256. The van der Waals surface area contributed by atoms with Gasteiger partial charge in [0.2, 0.25) is 5.91 Å². The van der Waals surface area contributed by atoms with E-state index in [-0.39, 0.29) is 5.41 Å². The van der Waals surface area contributed by atoms with Crippen molar-refractivity contribution in [1.29, 1.82) is 0 Å². The monoisotopic (exact) mass is 291 g/mol. The topological polar surface area (TPSA) is 20.3 Å². The highest BCUT2D eigenvalue weighted by Crippen LogP contribution is 2.45. The second-order valence-electron chi connectivity index (χ2n) is 6.55. The van der Waals surface area contributed by atoms with Crippen molar-refractivity contribution in [3.63, 3.8) is 0 Å². The Kier molecular flexibility index (Phi) is 3.25. The van der Waals surface area contributed by atoms with Gasteiger partial charge in [0.15, 0.2) is 0 Å². The van der Waals surface area contributed by atoms with E-state index in [1.54, 1.807) is 0 Å². The van der Waals surface area contributed by atoms with E-state index >= 15 is 0 Å². The Balaban J connectivity index is 1.62. The maximum absolute atomic E-state index is 13.2. The minimum atomic E-state index is -0.256. The van der Waals surface area contributed by atoms with E-state index in [1.807, 2.05) is 18.2 Å². The van der Waals surface area contributed by atoms with Crippen LogP contribution >= 0.6 is 0 Å². The number of nitrogens with zero attached hydrogens (tertiary/aromatic N) is 1. The molecule has 0 atom stereocenters. The first-order valence-electron chi connectivity index (χ1n) is 8.21. The largest absolute Gasteiger partial charge is 0.337 e. The Hall–Kier alpha value is -2.09. The number of carbonyl (C=O) groups is 1. The number of carbonyl (C=O) groups excluding carboxylic acids is 1. The molecule has 1 heterocycles. The third-order valence-corrected chi connectivity index (χ3v) is 5.36. The third-order valence-electron chi connectivity index (χ3n) is 5.36. The van der Waals surface area contributed by atoms with Crippen LogP contribution < -0.4 is 0 Å². The Morgan fingerprint density at radius 2 is 1.59 bits per heavy atom. The lowest BCUT2D eigenvalue weighted by atomic mass is 9.63. The van der Waals surface area contributed by atoms with Gasteiger partial charge in [0, 0.05) is 13.1 Å². The second kappa shape index (κ2) is 5.28. The summed E-state index contributed by atoms with van der Waals surface area (Å²) in [5.74, 6) is 0.333. The van der Waals surface area contributed by atoms with Gasteiger partial charge in [-0.3, -0.25) is 4.79 Å². The molecule has 2 heteroatoms. The summed E-state index contributed by atoms with van der Waals surface area (Å²) in [5, 5.41) is 0. The minimum Gasteiger partial charge on any atom is -0.337 e. The molecule has 2 nitrogen and oxygen atoms in total. The van der Waals surface area contributed by atoms with Gasteiger partial charge in [-0.15, -0.1) is 0 Å². The lowest BCUT2D eigenvalue weighted by Crippen LogP contribution is -2.52. The lowest BCUT2D eigenvalue weighted by molar-refractivity contribution is -0.142.